The van der Waals surface area contributed by atoms with E-state index in [1.807, 2.05) is 35.2 Å². The smallest absolute Gasteiger partial charge is 0.242 e. The summed E-state index contributed by atoms with van der Waals surface area (Å²) in [5.74, 6) is -0.171. The Kier molecular flexibility index (Phi) is 7.92. The number of nitrogens with one attached hydrogen (secondary N) is 1. The van der Waals surface area contributed by atoms with Gasteiger partial charge in [-0.15, -0.1) is 6.58 Å². The van der Waals surface area contributed by atoms with Crippen molar-refractivity contribution in [2.45, 2.75) is 18.0 Å². The average molecular weight is 402 g/mol. The van der Waals surface area contributed by atoms with Crippen LogP contribution < -0.4 is 5.32 Å². The summed E-state index contributed by atoms with van der Waals surface area (Å²) in [5.41, 5.74) is 1.67. The molecule has 0 aliphatic rings. The molecule has 0 aliphatic carbocycles. The molecule has 0 saturated carbocycles. The molecule has 0 fully saturated rings. The van der Waals surface area contributed by atoms with Crippen LogP contribution in [0.4, 0.5) is 0 Å². The van der Waals surface area contributed by atoms with E-state index in [4.69, 9.17) is 0 Å². The fraction of sp³-hybridized carbons (Fsp3) is 0.286. The number of carbonyl (C=O) groups excluding carboxylic acids is 1. The van der Waals surface area contributed by atoms with E-state index in [-0.39, 0.29) is 23.9 Å². The molecule has 1 amide bonds. The van der Waals surface area contributed by atoms with Crippen LogP contribution in [0.5, 0.6) is 0 Å². The van der Waals surface area contributed by atoms with E-state index < -0.39 is 10.0 Å². The lowest BCUT2D eigenvalue weighted by Crippen LogP contribution is -2.37. The van der Waals surface area contributed by atoms with Gasteiger partial charge in [-0.1, -0.05) is 54.6 Å². The zero-order valence-corrected chi connectivity index (χ0v) is 17.2. The van der Waals surface area contributed by atoms with Crippen molar-refractivity contribution in [3.05, 3.63) is 78.4 Å². The molecule has 0 radical (unpaired) electrons. The Morgan fingerprint density at radius 2 is 1.71 bits per heavy atom. The molecule has 1 N–H and O–H groups in total. The maximum absolute atomic E-state index is 12.5. The Morgan fingerprint density at radius 3 is 2.36 bits per heavy atom. The van der Waals surface area contributed by atoms with Crippen LogP contribution >= 0.6 is 0 Å². The van der Waals surface area contributed by atoms with Crippen LogP contribution in [0, 0.1) is 0 Å². The van der Waals surface area contributed by atoms with Crippen molar-refractivity contribution in [2.24, 2.45) is 0 Å². The molecule has 0 spiro atoms. The second kappa shape index (κ2) is 10.2. The second-order valence-corrected chi connectivity index (χ2v) is 8.74. The highest BCUT2D eigenvalue weighted by atomic mass is 32.2. The summed E-state index contributed by atoms with van der Waals surface area (Å²) in [7, 11) is -0.594. The van der Waals surface area contributed by atoms with Crippen LogP contribution in [0.25, 0.3) is 0 Å². The fourth-order valence-corrected chi connectivity index (χ4v) is 3.88. The number of amides is 1. The molecule has 6 nitrogen and oxygen atoms in total. The highest BCUT2D eigenvalue weighted by Crippen LogP contribution is 2.18. The third kappa shape index (κ3) is 6.02. The zero-order valence-electron chi connectivity index (χ0n) is 16.3. The van der Waals surface area contributed by atoms with Gasteiger partial charge < -0.3 is 5.32 Å². The number of hydrogen-bond acceptors (Lipinski definition) is 4. The molecule has 0 bridgehead atoms. The van der Waals surface area contributed by atoms with Crippen LogP contribution in [0.15, 0.2) is 72.1 Å². The molecule has 2 aromatic carbocycles. The molecule has 2 rings (SSSR count). The molecule has 0 heterocycles. The summed E-state index contributed by atoms with van der Waals surface area (Å²) in [4.78, 5) is 14.6. The van der Waals surface area contributed by atoms with Gasteiger partial charge >= 0.3 is 0 Å². The predicted molar refractivity (Wildman–Crippen MR) is 111 cm³/mol. The topological polar surface area (TPSA) is 69.7 Å². The number of rotatable bonds is 10. The Balaban J connectivity index is 2.02. The highest BCUT2D eigenvalue weighted by molar-refractivity contribution is 7.89. The standard InChI is InChI=1S/C21H27N3O3S/c1-4-14-24(16-18-10-6-5-7-11-18)17-21(25)22-15-19-12-8-9-13-20(19)28(26,27)23(2)3/h4-13H,1,14-17H2,2-3H3,(H,22,25). The first kappa shape index (κ1) is 21.8. The quantitative estimate of drug-likeness (QED) is 0.620. The van der Waals surface area contributed by atoms with Gasteiger partial charge in [-0.3, -0.25) is 9.69 Å². The lowest BCUT2D eigenvalue weighted by atomic mass is 10.2. The molecule has 0 aromatic heterocycles. The Morgan fingerprint density at radius 1 is 1.07 bits per heavy atom. The van der Waals surface area contributed by atoms with E-state index >= 15 is 0 Å². The highest BCUT2D eigenvalue weighted by Gasteiger charge is 2.21. The SMILES string of the molecule is C=CCN(CC(=O)NCc1ccccc1S(=O)(=O)N(C)C)Cc1ccccc1. The van der Waals surface area contributed by atoms with Gasteiger partial charge in [-0.2, -0.15) is 0 Å². The van der Waals surface area contributed by atoms with Gasteiger partial charge in [0.05, 0.1) is 11.4 Å². The van der Waals surface area contributed by atoms with Crippen molar-refractivity contribution >= 4 is 15.9 Å². The first-order valence-electron chi connectivity index (χ1n) is 8.99. The van der Waals surface area contributed by atoms with Crippen LogP contribution in [0.1, 0.15) is 11.1 Å². The lowest BCUT2D eigenvalue weighted by Gasteiger charge is -2.20. The Labute approximate surface area is 167 Å². The molecule has 7 heteroatoms. The van der Waals surface area contributed by atoms with Crippen LogP contribution in [0.3, 0.4) is 0 Å². The average Bonchev–Trinajstić information content (AvgIpc) is 2.67. The number of benzene rings is 2. The van der Waals surface area contributed by atoms with Crippen molar-refractivity contribution < 1.29 is 13.2 Å². The number of nitrogens with zero attached hydrogens (tertiary/aromatic N) is 2. The summed E-state index contributed by atoms with van der Waals surface area (Å²) in [6.45, 7) is 5.31. The molecular weight excluding hydrogens is 374 g/mol. The van der Waals surface area contributed by atoms with Crippen molar-refractivity contribution in [2.75, 3.05) is 27.2 Å². The maximum atomic E-state index is 12.5. The van der Waals surface area contributed by atoms with E-state index in [0.29, 0.717) is 18.7 Å². The maximum Gasteiger partial charge on any atom is 0.242 e. The second-order valence-electron chi connectivity index (χ2n) is 6.62. The van der Waals surface area contributed by atoms with Crippen molar-refractivity contribution in [3.8, 4) is 0 Å². The van der Waals surface area contributed by atoms with E-state index in [1.165, 1.54) is 18.4 Å². The van der Waals surface area contributed by atoms with Crippen molar-refractivity contribution in [1.82, 2.24) is 14.5 Å². The number of carbonyl (C=O) groups is 1. The van der Waals surface area contributed by atoms with E-state index in [9.17, 15) is 13.2 Å². The monoisotopic (exact) mass is 401 g/mol. The predicted octanol–water partition coefficient (Wildman–Crippen LogP) is 2.24. The summed E-state index contributed by atoms with van der Waals surface area (Å²) >= 11 is 0. The molecule has 0 unspecified atom stereocenters. The molecule has 0 saturated heterocycles. The molecule has 0 aliphatic heterocycles. The molecule has 150 valence electrons. The largest absolute Gasteiger partial charge is 0.351 e. The van der Waals surface area contributed by atoms with E-state index in [1.54, 1.807) is 30.3 Å². The molecule has 2 aromatic rings. The summed E-state index contributed by atoms with van der Waals surface area (Å²) in [5, 5.41) is 2.83. The van der Waals surface area contributed by atoms with Crippen molar-refractivity contribution in [3.63, 3.8) is 0 Å². The van der Waals surface area contributed by atoms with Crippen molar-refractivity contribution in [1.29, 1.82) is 0 Å². The van der Waals surface area contributed by atoms with Gasteiger partial charge in [0, 0.05) is 33.7 Å². The fourth-order valence-electron chi connectivity index (χ4n) is 2.76. The molecule has 0 atom stereocenters. The van der Waals surface area contributed by atoms with Gasteiger partial charge in [0.1, 0.15) is 0 Å². The minimum Gasteiger partial charge on any atom is -0.351 e. The summed E-state index contributed by atoms with van der Waals surface area (Å²) in [6, 6.07) is 16.6. The summed E-state index contributed by atoms with van der Waals surface area (Å²) in [6.07, 6.45) is 1.76. The van der Waals surface area contributed by atoms with Gasteiger partial charge in [0.15, 0.2) is 0 Å². The molecular formula is C21H27N3O3S. The van der Waals surface area contributed by atoms with Crippen LogP contribution in [0.2, 0.25) is 0 Å². The first-order chi connectivity index (χ1) is 13.3. The Hall–Kier alpha value is -2.48. The van der Waals surface area contributed by atoms with Crippen LogP contribution in [-0.2, 0) is 27.9 Å². The minimum absolute atomic E-state index is 0.148. The van der Waals surface area contributed by atoms with Gasteiger partial charge in [-0.05, 0) is 17.2 Å². The van der Waals surface area contributed by atoms with Crippen LogP contribution in [-0.4, -0.2) is 50.7 Å². The van der Waals surface area contributed by atoms with E-state index in [0.717, 1.165) is 5.56 Å². The molecule has 28 heavy (non-hydrogen) atoms. The van der Waals surface area contributed by atoms with Gasteiger partial charge in [0.2, 0.25) is 15.9 Å². The zero-order chi connectivity index (χ0) is 20.6. The lowest BCUT2D eigenvalue weighted by molar-refractivity contribution is -0.122. The normalized spacial score (nSPS) is 11.6. The Bertz CT molecular complexity index is 896. The van der Waals surface area contributed by atoms with E-state index in [2.05, 4.69) is 11.9 Å². The first-order valence-corrected chi connectivity index (χ1v) is 10.4. The number of sulfonamides is 1. The number of hydrogen-bond donors (Lipinski definition) is 1. The van der Waals surface area contributed by atoms with Gasteiger partial charge in [-0.25, -0.2) is 12.7 Å². The van der Waals surface area contributed by atoms with Gasteiger partial charge in [0.25, 0.3) is 0 Å². The summed E-state index contributed by atoms with van der Waals surface area (Å²) < 4.78 is 26.1. The third-order valence-electron chi connectivity index (χ3n) is 4.21. The third-order valence-corrected chi connectivity index (χ3v) is 6.13. The minimum atomic E-state index is -3.57.